The van der Waals surface area contributed by atoms with Crippen LogP contribution in [0.3, 0.4) is 0 Å². The lowest BCUT2D eigenvalue weighted by atomic mass is 10.2. The van der Waals surface area contributed by atoms with Crippen molar-refractivity contribution in [2.24, 2.45) is 0 Å². The highest BCUT2D eigenvalue weighted by molar-refractivity contribution is 5.99. The van der Waals surface area contributed by atoms with Crippen molar-refractivity contribution in [3.8, 4) is 5.75 Å². The van der Waals surface area contributed by atoms with Crippen molar-refractivity contribution >= 4 is 23.2 Å². The van der Waals surface area contributed by atoms with Crippen molar-refractivity contribution in [2.75, 3.05) is 43.2 Å². The van der Waals surface area contributed by atoms with E-state index >= 15 is 0 Å². The van der Waals surface area contributed by atoms with Gasteiger partial charge in [0.25, 0.3) is 5.91 Å². The molecule has 0 saturated heterocycles. The van der Waals surface area contributed by atoms with Gasteiger partial charge in [0.1, 0.15) is 5.75 Å². The lowest BCUT2D eigenvalue weighted by Crippen LogP contribution is -2.40. The topological polar surface area (TPSA) is 77.1 Å². The first-order chi connectivity index (χ1) is 14.2. The normalized spacial score (nSPS) is 13.0. The summed E-state index contributed by atoms with van der Waals surface area (Å²) < 4.78 is 16.2. The van der Waals surface area contributed by atoms with E-state index in [4.69, 9.17) is 14.2 Å². The summed E-state index contributed by atoms with van der Waals surface area (Å²) in [5.41, 5.74) is 2.37. The fraction of sp³-hybridized carbons (Fsp3) is 0.364. The van der Waals surface area contributed by atoms with Crippen LogP contribution < -0.4 is 15.0 Å². The van der Waals surface area contributed by atoms with Crippen LogP contribution in [0.1, 0.15) is 18.9 Å². The van der Waals surface area contributed by atoms with Crippen molar-refractivity contribution in [3.05, 3.63) is 54.1 Å². The van der Waals surface area contributed by atoms with Crippen LogP contribution in [-0.4, -0.2) is 44.8 Å². The monoisotopic (exact) mass is 398 g/mol. The molecule has 0 saturated carbocycles. The number of ether oxygens (including phenoxy) is 3. The summed E-state index contributed by atoms with van der Waals surface area (Å²) in [5.74, 6) is 0.350. The molecule has 0 atom stereocenters. The van der Waals surface area contributed by atoms with Crippen molar-refractivity contribution in [1.29, 1.82) is 0 Å². The molecule has 0 bridgehead atoms. The molecule has 0 spiro atoms. The SMILES string of the molecule is CCOCCOCc1cccc(NC(=O)CCN2C(=O)COc3ccccc32)c1. The Labute approximate surface area is 170 Å². The number of carbonyl (C=O) groups is 2. The lowest BCUT2D eigenvalue weighted by Gasteiger charge is -2.29. The van der Waals surface area contributed by atoms with E-state index in [0.29, 0.717) is 50.1 Å². The van der Waals surface area contributed by atoms with Crippen LogP contribution >= 0.6 is 0 Å². The Bertz CT molecular complexity index is 839. The summed E-state index contributed by atoms with van der Waals surface area (Å²) in [7, 11) is 0. The summed E-state index contributed by atoms with van der Waals surface area (Å²) in [6.07, 6.45) is 0.190. The standard InChI is InChI=1S/C22H26N2O5/c1-2-27-12-13-28-15-17-6-5-7-18(14-17)23-21(25)10-11-24-19-8-3-4-9-20(19)29-16-22(24)26/h3-9,14H,2,10-13,15-16H2,1H3,(H,23,25). The molecule has 1 N–H and O–H groups in total. The zero-order valence-corrected chi connectivity index (χ0v) is 16.6. The maximum atomic E-state index is 12.4. The second-order valence-corrected chi connectivity index (χ2v) is 6.55. The summed E-state index contributed by atoms with van der Waals surface area (Å²) in [6.45, 7) is 4.45. The number of amides is 2. The van der Waals surface area contributed by atoms with E-state index in [-0.39, 0.29) is 24.8 Å². The Morgan fingerprint density at radius 3 is 2.83 bits per heavy atom. The third-order valence-corrected chi connectivity index (χ3v) is 4.43. The quantitative estimate of drug-likeness (QED) is 0.623. The first-order valence-electron chi connectivity index (χ1n) is 9.74. The van der Waals surface area contributed by atoms with E-state index in [1.165, 1.54) is 0 Å². The number of hydrogen-bond donors (Lipinski definition) is 1. The van der Waals surface area contributed by atoms with E-state index in [1.54, 1.807) is 4.90 Å². The smallest absolute Gasteiger partial charge is 0.265 e. The van der Waals surface area contributed by atoms with Crippen LogP contribution in [0.15, 0.2) is 48.5 Å². The van der Waals surface area contributed by atoms with Gasteiger partial charge < -0.3 is 24.4 Å². The van der Waals surface area contributed by atoms with E-state index in [2.05, 4.69) is 5.32 Å². The van der Waals surface area contributed by atoms with Gasteiger partial charge >= 0.3 is 0 Å². The minimum atomic E-state index is -0.156. The molecule has 1 heterocycles. The summed E-state index contributed by atoms with van der Waals surface area (Å²) in [4.78, 5) is 26.2. The van der Waals surface area contributed by atoms with Crippen LogP contribution in [0.25, 0.3) is 0 Å². The highest BCUT2D eigenvalue weighted by Crippen LogP contribution is 2.31. The second kappa shape index (κ2) is 10.6. The third kappa shape index (κ3) is 6.04. The van der Waals surface area contributed by atoms with Gasteiger partial charge in [0.2, 0.25) is 5.91 Å². The predicted octanol–water partition coefficient (Wildman–Crippen LogP) is 2.99. The lowest BCUT2D eigenvalue weighted by molar-refractivity contribution is -0.121. The Morgan fingerprint density at radius 1 is 1.14 bits per heavy atom. The van der Waals surface area contributed by atoms with E-state index in [9.17, 15) is 9.59 Å². The van der Waals surface area contributed by atoms with Gasteiger partial charge in [0, 0.05) is 25.3 Å². The second-order valence-electron chi connectivity index (χ2n) is 6.55. The minimum absolute atomic E-state index is 0.00995. The largest absolute Gasteiger partial charge is 0.482 e. The summed E-state index contributed by atoms with van der Waals surface area (Å²) >= 11 is 0. The molecule has 2 aromatic carbocycles. The molecule has 3 rings (SSSR count). The predicted molar refractivity (Wildman–Crippen MR) is 110 cm³/mol. The van der Waals surface area contributed by atoms with Gasteiger partial charge in [-0.2, -0.15) is 0 Å². The zero-order valence-electron chi connectivity index (χ0n) is 16.6. The molecule has 2 aromatic rings. The van der Waals surface area contributed by atoms with E-state index in [1.807, 2.05) is 55.5 Å². The van der Waals surface area contributed by atoms with Gasteiger partial charge in [-0.3, -0.25) is 9.59 Å². The van der Waals surface area contributed by atoms with Crippen LogP contribution in [0.5, 0.6) is 5.75 Å². The molecule has 0 radical (unpaired) electrons. The minimum Gasteiger partial charge on any atom is -0.482 e. The van der Waals surface area contributed by atoms with Crippen LogP contribution in [-0.2, 0) is 25.7 Å². The molecule has 7 heteroatoms. The van der Waals surface area contributed by atoms with Crippen LogP contribution in [0.2, 0.25) is 0 Å². The number of benzene rings is 2. The first kappa shape index (κ1) is 20.8. The molecule has 0 fully saturated rings. The maximum absolute atomic E-state index is 12.4. The third-order valence-electron chi connectivity index (χ3n) is 4.43. The first-order valence-corrected chi connectivity index (χ1v) is 9.74. The number of nitrogens with zero attached hydrogens (tertiary/aromatic N) is 1. The summed E-state index contributed by atoms with van der Waals surface area (Å²) in [6, 6.07) is 14.9. The number of carbonyl (C=O) groups excluding carboxylic acids is 2. The Morgan fingerprint density at radius 2 is 1.97 bits per heavy atom. The van der Waals surface area contributed by atoms with Gasteiger partial charge in [-0.15, -0.1) is 0 Å². The molecular formula is C22H26N2O5. The maximum Gasteiger partial charge on any atom is 0.265 e. The fourth-order valence-electron chi connectivity index (χ4n) is 3.03. The average Bonchev–Trinajstić information content (AvgIpc) is 2.73. The highest BCUT2D eigenvalue weighted by atomic mass is 16.5. The number of nitrogens with one attached hydrogen (secondary N) is 1. The molecule has 0 aromatic heterocycles. The Balaban J connectivity index is 1.50. The highest BCUT2D eigenvalue weighted by Gasteiger charge is 2.25. The molecule has 154 valence electrons. The van der Waals surface area contributed by atoms with Crippen LogP contribution in [0, 0.1) is 0 Å². The number of anilines is 2. The fourth-order valence-corrected chi connectivity index (χ4v) is 3.03. The molecule has 1 aliphatic rings. The molecule has 0 unspecified atom stereocenters. The molecule has 29 heavy (non-hydrogen) atoms. The Kier molecular flexibility index (Phi) is 7.61. The number of para-hydroxylation sites is 2. The summed E-state index contributed by atoms with van der Waals surface area (Å²) in [5, 5.41) is 2.88. The van der Waals surface area contributed by atoms with Gasteiger partial charge in [0.05, 0.1) is 25.5 Å². The van der Waals surface area contributed by atoms with Gasteiger partial charge in [-0.1, -0.05) is 24.3 Å². The van der Waals surface area contributed by atoms with E-state index in [0.717, 1.165) is 5.56 Å². The number of hydrogen-bond acceptors (Lipinski definition) is 5. The van der Waals surface area contributed by atoms with Crippen molar-refractivity contribution in [3.63, 3.8) is 0 Å². The molecular weight excluding hydrogens is 372 g/mol. The molecule has 7 nitrogen and oxygen atoms in total. The van der Waals surface area contributed by atoms with E-state index < -0.39 is 0 Å². The number of rotatable bonds is 10. The van der Waals surface area contributed by atoms with Crippen molar-refractivity contribution in [2.45, 2.75) is 20.0 Å². The van der Waals surface area contributed by atoms with Crippen molar-refractivity contribution < 1.29 is 23.8 Å². The average molecular weight is 398 g/mol. The van der Waals surface area contributed by atoms with Crippen LogP contribution in [0.4, 0.5) is 11.4 Å². The van der Waals surface area contributed by atoms with Crippen molar-refractivity contribution in [1.82, 2.24) is 0 Å². The Hall–Kier alpha value is -2.90. The molecule has 1 aliphatic heterocycles. The zero-order chi connectivity index (χ0) is 20.5. The number of fused-ring (bicyclic) bond motifs is 1. The van der Waals surface area contributed by atoms with Gasteiger partial charge in [-0.05, 0) is 36.8 Å². The molecule has 2 amide bonds. The van der Waals surface area contributed by atoms with Gasteiger partial charge in [0.15, 0.2) is 6.61 Å². The van der Waals surface area contributed by atoms with Gasteiger partial charge in [-0.25, -0.2) is 0 Å². The molecule has 0 aliphatic carbocycles.